The molecule has 0 fully saturated rings. The Kier molecular flexibility index (Phi) is 6.24. The Bertz CT molecular complexity index is 607. The van der Waals surface area contributed by atoms with Crippen LogP contribution >= 0.6 is 0 Å². The second-order valence-electron chi connectivity index (χ2n) is 4.31. The first-order valence-corrected chi connectivity index (χ1v) is 6.18. The fourth-order valence-corrected chi connectivity index (χ4v) is 1.55. The molecule has 2 aromatic heterocycles. The molecule has 0 saturated carbocycles. The second-order valence-corrected chi connectivity index (χ2v) is 4.31. The minimum Gasteiger partial charge on any atom is -0.479 e. The number of aliphatic hydroxyl groups excluding tert-OH is 2. The fraction of sp³-hybridized carbons (Fsp3) is 0.214. The molecule has 0 amide bonds. The first-order valence-electron chi connectivity index (χ1n) is 6.18. The molecule has 8 nitrogen and oxygen atoms in total. The maximum Gasteiger partial charge on any atom is 0.335 e. The van der Waals surface area contributed by atoms with Gasteiger partial charge in [-0.3, -0.25) is 4.98 Å². The van der Waals surface area contributed by atoms with Gasteiger partial charge in [-0.25, -0.2) is 9.59 Å². The highest BCUT2D eigenvalue weighted by Crippen LogP contribution is 2.16. The zero-order chi connectivity index (χ0) is 16.7. The van der Waals surface area contributed by atoms with Crippen LogP contribution in [0.3, 0.4) is 0 Å². The van der Waals surface area contributed by atoms with Crippen LogP contribution in [-0.4, -0.2) is 54.1 Å². The van der Waals surface area contributed by atoms with Crippen molar-refractivity contribution in [3.05, 3.63) is 42.9 Å². The first-order chi connectivity index (χ1) is 10.3. The van der Waals surface area contributed by atoms with Crippen molar-refractivity contribution >= 4 is 11.9 Å². The highest BCUT2D eigenvalue weighted by atomic mass is 16.4. The summed E-state index contributed by atoms with van der Waals surface area (Å²) < 4.78 is 2.08. The molecular formula is C14H16N2O6. The van der Waals surface area contributed by atoms with E-state index in [0.29, 0.717) is 0 Å². The van der Waals surface area contributed by atoms with E-state index in [0.717, 1.165) is 5.56 Å². The number of aryl methyl sites for hydroxylation is 1. The lowest BCUT2D eigenvalue weighted by molar-refractivity contribution is -0.165. The average Bonchev–Trinajstić information content (AvgIpc) is 2.93. The standard InChI is InChI=1S/C10H10N2.C4H6O6/c1-12-7-3-5-10(12)9-4-2-6-11-8-9;5-1(3(7)8)2(6)4(9)10/h2-8H,1H3;1-2,5-6H,(H,7,8)(H,9,10)/t;1-,2-/m.1/s1. The van der Waals surface area contributed by atoms with Crippen molar-refractivity contribution in [1.29, 1.82) is 0 Å². The molecule has 0 aromatic carbocycles. The second kappa shape index (κ2) is 7.91. The number of aliphatic carboxylic acids is 2. The lowest BCUT2D eigenvalue weighted by Gasteiger charge is -2.07. The normalized spacial score (nSPS) is 12.7. The topological polar surface area (TPSA) is 133 Å². The Hall–Kier alpha value is -2.71. The molecular weight excluding hydrogens is 292 g/mol. The molecule has 0 aliphatic carbocycles. The molecule has 118 valence electrons. The molecule has 0 unspecified atom stereocenters. The van der Waals surface area contributed by atoms with E-state index in [1.54, 1.807) is 6.20 Å². The quantitative estimate of drug-likeness (QED) is 0.623. The molecule has 2 aromatic rings. The summed E-state index contributed by atoms with van der Waals surface area (Å²) in [5, 5.41) is 32.5. The minimum absolute atomic E-state index is 1.16. The van der Waals surface area contributed by atoms with Crippen molar-refractivity contribution in [3.63, 3.8) is 0 Å². The van der Waals surface area contributed by atoms with Crippen LogP contribution in [0.15, 0.2) is 42.9 Å². The van der Waals surface area contributed by atoms with Crippen LogP contribution < -0.4 is 0 Å². The largest absolute Gasteiger partial charge is 0.479 e. The number of carboxylic acid groups (broad SMARTS) is 2. The van der Waals surface area contributed by atoms with Gasteiger partial charge in [-0.15, -0.1) is 0 Å². The summed E-state index contributed by atoms with van der Waals surface area (Å²) in [6.45, 7) is 0. The summed E-state index contributed by atoms with van der Waals surface area (Å²) in [5.41, 5.74) is 2.35. The Balaban J connectivity index is 0.000000225. The zero-order valence-corrected chi connectivity index (χ0v) is 11.7. The molecule has 4 N–H and O–H groups in total. The smallest absolute Gasteiger partial charge is 0.335 e. The zero-order valence-electron chi connectivity index (χ0n) is 11.7. The van der Waals surface area contributed by atoms with Gasteiger partial charge in [0.25, 0.3) is 0 Å². The van der Waals surface area contributed by atoms with Gasteiger partial charge < -0.3 is 25.0 Å². The number of nitrogens with zero attached hydrogens (tertiary/aromatic N) is 2. The van der Waals surface area contributed by atoms with Crippen LogP contribution in [0.1, 0.15) is 0 Å². The highest BCUT2D eigenvalue weighted by Gasteiger charge is 2.29. The van der Waals surface area contributed by atoms with Crippen LogP contribution in [0, 0.1) is 0 Å². The molecule has 2 atom stereocenters. The molecule has 0 aliphatic heterocycles. The number of rotatable bonds is 4. The van der Waals surface area contributed by atoms with Crippen molar-refractivity contribution in [1.82, 2.24) is 9.55 Å². The van der Waals surface area contributed by atoms with Gasteiger partial charge in [0.15, 0.2) is 12.2 Å². The van der Waals surface area contributed by atoms with Gasteiger partial charge in [0.1, 0.15) is 0 Å². The summed E-state index contributed by atoms with van der Waals surface area (Å²) in [7, 11) is 2.03. The van der Waals surface area contributed by atoms with E-state index in [-0.39, 0.29) is 0 Å². The lowest BCUT2D eigenvalue weighted by Crippen LogP contribution is -2.39. The third kappa shape index (κ3) is 4.69. The van der Waals surface area contributed by atoms with Crippen molar-refractivity contribution in [2.24, 2.45) is 7.05 Å². The van der Waals surface area contributed by atoms with Crippen LogP contribution in [0.2, 0.25) is 0 Å². The number of pyridine rings is 1. The van der Waals surface area contributed by atoms with Gasteiger partial charge in [0, 0.05) is 36.9 Å². The Morgan fingerprint density at radius 3 is 2.05 bits per heavy atom. The molecule has 8 heteroatoms. The molecule has 0 aliphatic rings. The van der Waals surface area contributed by atoms with Gasteiger partial charge in [0.05, 0.1) is 0 Å². The van der Waals surface area contributed by atoms with E-state index in [9.17, 15) is 9.59 Å². The number of aromatic nitrogens is 2. The van der Waals surface area contributed by atoms with Crippen molar-refractivity contribution in [2.45, 2.75) is 12.2 Å². The first kappa shape index (κ1) is 17.3. The maximum atomic E-state index is 9.77. The average molecular weight is 308 g/mol. The lowest BCUT2D eigenvalue weighted by atomic mass is 10.2. The maximum absolute atomic E-state index is 9.77. The van der Waals surface area contributed by atoms with E-state index in [1.165, 1.54) is 5.69 Å². The van der Waals surface area contributed by atoms with Crippen LogP contribution in [0.4, 0.5) is 0 Å². The van der Waals surface area contributed by atoms with Gasteiger partial charge >= 0.3 is 11.9 Å². The predicted molar refractivity (Wildman–Crippen MR) is 75.9 cm³/mol. The molecule has 0 saturated heterocycles. The van der Waals surface area contributed by atoms with Gasteiger partial charge in [-0.05, 0) is 24.3 Å². The van der Waals surface area contributed by atoms with Crippen LogP contribution in [0.25, 0.3) is 11.3 Å². The van der Waals surface area contributed by atoms with Crippen LogP contribution in [0.5, 0.6) is 0 Å². The number of aliphatic hydroxyl groups is 2. The molecule has 22 heavy (non-hydrogen) atoms. The molecule has 2 heterocycles. The van der Waals surface area contributed by atoms with E-state index in [4.69, 9.17) is 20.4 Å². The van der Waals surface area contributed by atoms with Crippen LogP contribution in [-0.2, 0) is 16.6 Å². The third-order valence-electron chi connectivity index (χ3n) is 2.71. The summed E-state index contributed by atoms with van der Waals surface area (Å²) >= 11 is 0. The molecule has 2 rings (SSSR count). The van der Waals surface area contributed by atoms with E-state index >= 15 is 0 Å². The van der Waals surface area contributed by atoms with E-state index in [1.807, 2.05) is 31.6 Å². The summed E-state index contributed by atoms with van der Waals surface area (Å²) in [6, 6.07) is 8.12. The van der Waals surface area contributed by atoms with E-state index < -0.39 is 24.1 Å². The molecule has 0 spiro atoms. The molecule has 0 bridgehead atoms. The Morgan fingerprint density at radius 2 is 1.68 bits per heavy atom. The van der Waals surface area contributed by atoms with Crippen molar-refractivity contribution in [3.8, 4) is 11.3 Å². The summed E-state index contributed by atoms with van der Waals surface area (Å²) in [5.74, 6) is -3.54. The minimum atomic E-state index is -2.27. The number of carboxylic acids is 2. The van der Waals surface area contributed by atoms with Gasteiger partial charge in [0.2, 0.25) is 0 Å². The monoisotopic (exact) mass is 308 g/mol. The SMILES string of the molecule is Cn1cccc1-c1cccnc1.O=C(O)[C@H](O)[C@@H](O)C(=O)O. The van der Waals surface area contributed by atoms with Gasteiger partial charge in [-0.1, -0.05) is 0 Å². The highest BCUT2D eigenvalue weighted by molar-refractivity contribution is 5.83. The number of carbonyl (C=O) groups is 2. The summed E-state index contributed by atoms with van der Waals surface area (Å²) in [6.07, 6.45) is 1.15. The predicted octanol–water partition coefficient (Wildman–Crippen LogP) is -0.0355. The van der Waals surface area contributed by atoms with Crippen molar-refractivity contribution in [2.75, 3.05) is 0 Å². The molecule has 0 radical (unpaired) electrons. The third-order valence-corrected chi connectivity index (χ3v) is 2.71. The number of hydrogen-bond acceptors (Lipinski definition) is 5. The Morgan fingerprint density at radius 1 is 1.09 bits per heavy atom. The van der Waals surface area contributed by atoms with E-state index in [2.05, 4.69) is 21.7 Å². The Labute approximate surface area is 125 Å². The number of hydrogen-bond donors (Lipinski definition) is 4. The van der Waals surface area contributed by atoms with Gasteiger partial charge in [-0.2, -0.15) is 0 Å². The summed E-state index contributed by atoms with van der Waals surface area (Å²) in [4.78, 5) is 23.6. The van der Waals surface area contributed by atoms with Crippen molar-refractivity contribution < 1.29 is 30.0 Å². The fourth-order valence-electron chi connectivity index (χ4n) is 1.55.